The number of rotatable bonds is 11. The lowest BCUT2D eigenvalue weighted by Crippen LogP contribution is -2.50. The van der Waals surface area contributed by atoms with Gasteiger partial charge in [-0.25, -0.2) is 18.9 Å². The topological polar surface area (TPSA) is 155 Å². The number of nitrogens with one attached hydrogen (secondary N) is 3. The van der Waals surface area contributed by atoms with Crippen molar-refractivity contribution in [2.45, 2.75) is 121 Å². The number of carbonyl (C=O) groups is 3. The maximum Gasteiger partial charge on any atom is 0.249 e. The van der Waals surface area contributed by atoms with Crippen LogP contribution in [-0.2, 0) is 14.4 Å². The van der Waals surface area contributed by atoms with E-state index in [2.05, 4.69) is 60.8 Å². The Labute approximate surface area is 362 Å². The predicted molar refractivity (Wildman–Crippen MR) is 236 cm³/mol. The summed E-state index contributed by atoms with van der Waals surface area (Å²) < 4.78 is 19.4. The third-order valence-corrected chi connectivity index (χ3v) is 14.0. The number of imide groups is 1. The van der Waals surface area contributed by atoms with Gasteiger partial charge in [-0.05, 0) is 133 Å². The summed E-state index contributed by atoms with van der Waals surface area (Å²) in [5.41, 5.74) is 5.34. The molecule has 3 saturated heterocycles. The first-order valence-corrected chi connectivity index (χ1v) is 22.6. The van der Waals surface area contributed by atoms with E-state index in [1.54, 1.807) is 6.20 Å². The highest BCUT2D eigenvalue weighted by molar-refractivity contribution is 6.01. The summed E-state index contributed by atoms with van der Waals surface area (Å²) in [6.45, 7) is 9.60. The number of aromatic nitrogens is 6. The molecule has 3 aliphatic heterocycles. The lowest BCUT2D eigenvalue weighted by Gasteiger charge is -2.41. The SMILES string of the molecule is CCC1(C(=O)NC(C)C)CCN(c2ccc(-c3nc(-c4cnn([C@H]5CC[C@H](N6CCC(c7ccc(N[C@H]8CCC(=O)NC8=O)cc7F)CC6)CC5)c4)cn4nccc34)cn2)CC1. The van der Waals surface area contributed by atoms with Crippen molar-refractivity contribution in [1.82, 2.24) is 44.9 Å². The van der Waals surface area contributed by atoms with Crippen LogP contribution in [0.4, 0.5) is 15.9 Å². The van der Waals surface area contributed by atoms with Crippen LogP contribution in [0, 0.1) is 11.2 Å². The molecule has 7 heterocycles. The highest BCUT2D eigenvalue weighted by atomic mass is 19.1. The van der Waals surface area contributed by atoms with Crippen molar-refractivity contribution in [2.75, 3.05) is 36.4 Å². The van der Waals surface area contributed by atoms with Gasteiger partial charge in [0.15, 0.2) is 0 Å². The Balaban J connectivity index is 0.793. The fourth-order valence-corrected chi connectivity index (χ4v) is 10.2. The van der Waals surface area contributed by atoms with E-state index in [-0.39, 0.29) is 47.3 Å². The molecule has 62 heavy (non-hydrogen) atoms. The molecule has 0 bridgehead atoms. The second-order valence-electron chi connectivity index (χ2n) is 18.2. The van der Waals surface area contributed by atoms with Gasteiger partial charge in [-0.3, -0.25) is 24.4 Å². The maximum absolute atomic E-state index is 15.4. The molecular formula is C47H58FN11O3. The predicted octanol–water partition coefficient (Wildman–Crippen LogP) is 6.90. The lowest BCUT2D eigenvalue weighted by atomic mass is 9.75. The largest absolute Gasteiger partial charge is 0.374 e. The van der Waals surface area contributed by atoms with Crippen LogP contribution in [0.3, 0.4) is 0 Å². The van der Waals surface area contributed by atoms with Crippen LogP contribution in [0.2, 0.25) is 0 Å². The number of pyridine rings is 1. The van der Waals surface area contributed by atoms with Crippen LogP contribution in [0.25, 0.3) is 28.0 Å². The summed E-state index contributed by atoms with van der Waals surface area (Å²) in [5, 5.41) is 18.0. The van der Waals surface area contributed by atoms with E-state index in [9.17, 15) is 14.4 Å². The number of fused-ring (bicyclic) bond motifs is 1. The standard InChI is InChI=1S/C47H58FN11O3/c1-4-47(46(62)52-30(2)3)18-23-57(24-19-47)42-13-5-32(26-49-42)44-41-15-20-50-59(41)29-40(54-44)33-27-51-58(28-33)36-9-7-35(8-10-36)56-21-16-31(17-22-56)37-11-6-34(25-38(37)48)53-39-12-14-43(60)55-45(39)61/h5-6,11,13,15,20,25-31,35-36,39,53H,4,7-10,12,14,16-19,21-24H2,1-3H3,(H,52,62)(H,55,60,61)/t35-,36-,39-/m0/s1. The molecule has 3 amide bonds. The summed E-state index contributed by atoms with van der Waals surface area (Å²) in [7, 11) is 0. The second kappa shape index (κ2) is 17.6. The number of hydrogen-bond acceptors (Lipinski definition) is 10. The van der Waals surface area contributed by atoms with E-state index in [0.29, 0.717) is 24.2 Å². The minimum Gasteiger partial charge on any atom is -0.374 e. The molecule has 1 aromatic carbocycles. The molecule has 326 valence electrons. The third-order valence-electron chi connectivity index (χ3n) is 14.0. The molecule has 4 fully saturated rings. The fraction of sp³-hybridized carbons (Fsp3) is 0.511. The van der Waals surface area contributed by atoms with Gasteiger partial charge in [0.2, 0.25) is 17.7 Å². The Morgan fingerprint density at radius 3 is 2.37 bits per heavy atom. The minimum atomic E-state index is -0.537. The molecule has 14 nitrogen and oxygen atoms in total. The van der Waals surface area contributed by atoms with Gasteiger partial charge >= 0.3 is 0 Å². The summed E-state index contributed by atoms with van der Waals surface area (Å²) in [6, 6.07) is 11.7. The van der Waals surface area contributed by atoms with Crippen LogP contribution in [0.15, 0.2) is 67.4 Å². The van der Waals surface area contributed by atoms with Gasteiger partial charge in [0.05, 0.1) is 47.0 Å². The van der Waals surface area contributed by atoms with E-state index in [4.69, 9.17) is 15.1 Å². The number of carbonyl (C=O) groups excluding carboxylic acids is 3. The molecule has 0 radical (unpaired) electrons. The zero-order chi connectivity index (χ0) is 43.0. The van der Waals surface area contributed by atoms with E-state index in [0.717, 1.165) is 123 Å². The molecular weight excluding hydrogens is 786 g/mol. The van der Waals surface area contributed by atoms with Crippen LogP contribution in [0.5, 0.6) is 0 Å². The zero-order valence-electron chi connectivity index (χ0n) is 36.0. The number of hydrogen-bond donors (Lipinski definition) is 3. The minimum absolute atomic E-state index is 0.130. The molecule has 1 saturated carbocycles. The van der Waals surface area contributed by atoms with Crippen molar-refractivity contribution >= 4 is 34.7 Å². The molecule has 3 N–H and O–H groups in total. The highest BCUT2D eigenvalue weighted by Gasteiger charge is 2.40. The molecule has 9 rings (SSSR count). The average Bonchev–Trinajstić information content (AvgIpc) is 3.98. The van der Waals surface area contributed by atoms with Crippen molar-refractivity contribution in [2.24, 2.45) is 5.41 Å². The average molecular weight is 844 g/mol. The zero-order valence-corrected chi connectivity index (χ0v) is 36.0. The Hall–Kier alpha value is -5.70. The quantitative estimate of drug-likeness (QED) is 0.120. The molecule has 0 spiro atoms. The molecule has 0 unspecified atom stereocenters. The van der Waals surface area contributed by atoms with Gasteiger partial charge in [0.25, 0.3) is 0 Å². The van der Waals surface area contributed by atoms with Gasteiger partial charge in [-0.1, -0.05) is 13.0 Å². The van der Waals surface area contributed by atoms with Crippen molar-refractivity contribution in [1.29, 1.82) is 0 Å². The molecule has 4 aliphatic rings. The number of nitrogens with zero attached hydrogens (tertiary/aromatic N) is 8. The van der Waals surface area contributed by atoms with E-state index < -0.39 is 6.04 Å². The normalized spacial score (nSPS) is 22.5. The van der Waals surface area contributed by atoms with Crippen LogP contribution >= 0.6 is 0 Å². The molecule has 15 heteroatoms. The lowest BCUT2D eigenvalue weighted by molar-refractivity contribution is -0.134. The number of halogens is 1. The summed E-state index contributed by atoms with van der Waals surface area (Å²) >= 11 is 0. The molecule has 1 atom stereocenters. The summed E-state index contributed by atoms with van der Waals surface area (Å²) in [4.78, 5) is 51.7. The van der Waals surface area contributed by atoms with E-state index >= 15 is 4.39 Å². The Morgan fingerprint density at radius 2 is 1.68 bits per heavy atom. The van der Waals surface area contributed by atoms with E-state index in [1.165, 1.54) is 6.07 Å². The number of benzene rings is 1. The maximum atomic E-state index is 15.4. The van der Waals surface area contributed by atoms with Crippen molar-refractivity contribution in [3.8, 4) is 22.5 Å². The highest BCUT2D eigenvalue weighted by Crippen LogP contribution is 2.39. The smallest absolute Gasteiger partial charge is 0.249 e. The van der Waals surface area contributed by atoms with Gasteiger partial charge < -0.3 is 20.4 Å². The van der Waals surface area contributed by atoms with Gasteiger partial charge in [-0.2, -0.15) is 10.2 Å². The monoisotopic (exact) mass is 843 g/mol. The number of amides is 3. The Kier molecular flexibility index (Phi) is 11.8. The van der Waals surface area contributed by atoms with Gasteiger partial charge in [0, 0.05) is 60.8 Å². The van der Waals surface area contributed by atoms with Crippen LogP contribution in [0.1, 0.15) is 109 Å². The first-order chi connectivity index (χ1) is 30.1. The first-order valence-electron chi connectivity index (χ1n) is 22.6. The number of anilines is 2. The third kappa shape index (κ3) is 8.55. The van der Waals surface area contributed by atoms with Crippen molar-refractivity contribution < 1.29 is 18.8 Å². The molecule has 5 aromatic rings. The molecule has 4 aromatic heterocycles. The van der Waals surface area contributed by atoms with Crippen LogP contribution in [-0.4, -0.2) is 96.3 Å². The first kappa shape index (κ1) is 41.6. The van der Waals surface area contributed by atoms with Crippen molar-refractivity contribution in [3.05, 3.63) is 78.8 Å². The summed E-state index contributed by atoms with van der Waals surface area (Å²) in [5.74, 6) is 0.357. The fourth-order valence-electron chi connectivity index (χ4n) is 10.2. The van der Waals surface area contributed by atoms with Crippen molar-refractivity contribution in [3.63, 3.8) is 0 Å². The Bertz CT molecular complexity index is 2400. The second-order valence-corrected chi connectivity index (χ2v) is 18.2. The number of piperidine rings is 3. The van der Waals surface area contributed by atoms with Gasteiger partial charge in [-0.15, -0.1) is 0 Å². The summed E-state index contributed by atoms with van der Waals surface area (Å²) in [6.07, 6.45) is 18.9. The Morgan fingerprint density at radius 1 is 0.903 bits per heavy atom. The van der Waals surface area contributed by atoms with E-state index in [1.807, 2.05) is 55.2 Å². The van der Waals surface area contributed by atoms with Crippen LogP contribution < -0.4 is 20.9 Å². The van der Waals surface area contributed by atoms with Gasteiger partial charge in [0.1, 0.15) is 17.7 Å². The molecule has 1 aliphatic carbocycles. The number of likely N-dealkylation sites (tertiary alicyclic amines) is 1.